The third-order valence-corrected chi connectivity index (χ3v) is 4.16. The second-order valence-corrected chi connectivity index (χ2v) is 6.31. The van der Waals surface area contributed by atoms with Crippen LogP contribution in [0.1, 0.15) is 32.3 Å². The summed E-state index contributed by atoms with van der Waals surface area (Å²) in [7, 11) is 0. The highest BCUT2D eigenvalue weighted by molar-refractivity contribution is 5.95. The number of ether oxygens (including phenoxy) is 1. The van der Waals surface area contributed by atoms with Gasteiger partial charge in [-0.1, -0.05) is 19.1 Å². The standard InChI is InChI=1S/C17H23NO4/c1-12(15(19)20)10-13-4-6-14(7-5-13)18-16(21)17(2)8-3-9-22-11-17/h4-7,12H,3,8-11H2,1-2H3,(H,18,21)(H,19,20)/t12-,17+/m0/s1. The molecule has 0 spiro atoms. The van der Waals surface area contributed by atoms with Crippen LogP contribution in [0.2, 0.25) is 0 Å². The SMILES string of the molecule is C[C@@H](Cc1ccc(NC(=O)[C@]2(C)CCCOC2)cc1)C(=O)O. The maximum Gasteiger partial charge on any atom is 0.306 e. The first-order valence-corrected chi connectivity index (χ1v) is 7.62. The number of carbonyl (C=O) groups excluding carboxylic acids is 1. The van der Waals surface area contributed by atoms with Crippen molar-refractivity contribution in [2.24, 2.45) is 11.3 Å². The monoisotopic (exact) mass is 305 g/mol. The normalized spacial score (nSPS) is 22.8. The molecule has 2 rings (SSSR count). The van der Waals surface area contributed by atoms with Gasteiger partial charge in [-0.2, -0.15) is 0 Å². The van der Waals surface area contributed by atoms with Gasteiger partial charge in [0.2, 0.25) is 5.91 Å². The van der Waals surface area contributed by atoms with Crippen molar-refractivity contribution in [2.75, 3.05) is 18.5 Å². The number of nitrogens with one attached hydrogen (secondary N) is 1. The van der Waals surface area contributed by atoms with E-state index in [0.717, 1.165) is 30.7 Å². The fraction of sp³-hybridized carbons (Fsp3) is 0.529. The first-order valence-electron chi connectivity index (χ1n) is 7.62. The minimum atomic E-state index is -0.803. The molecule has 1 aromatic carbocycles. The first kappa shape index (κ1) is 16.5. The van der Waals surface area contributed by atoms with E-state index in [2.05, 4.69) is 5.32 Å². The van der Waals surface area contributed by atoms with Crippen LogP contribution in [0, 0.1) is 11.3 Å². The molecule has 0 saturated carbocycles. The Bertz CT molecular complexity index is 532. The van der Waals surface area contributed by atoms with Crippen LogP contribution < -0.4 is 5.32 Å². The van der Waals surface area contributed by atoms with Gasteiger partial charge in [0.1, 0.15) is 0 Å². The summed E-state index contributed by atoms with van der Waals surface area (Å²) in [6, 6.07) is 7.34. The highest BCUT2D eigenvalue weighted by Gasteiger charge is 2.35. The average Bonchev–Trinajstić information content (AvgIpc) is 2.49. The molecule has 0 aromatic heterocycles. The number of carboxylic acids is 1. The van der Waals surface area contributed by atoms with Crippen LogP contribution >= 0.6 is 0 Å². The van der Waals surface area contributed by atoms with Crippen LogP contribution in [0.4, 0.5) is 5.69 Å². The molecule has 0 aliphatic carbocycles. The number of anilines is 1. The Kier molecular flexibility index (Phi) is 5.19. The molecule has 1 saturated heterocycles. The maximum atomic E-state index is 12.4. The third-order valence-electron chi connectivity index (χ3n) is 4.16. The number of benzene rings is 1. The molecule has 1 aliphatic heterocycles. The van der Waals surface area contributed by atoms with Crippen LogP contribution in [-0.4, -0.2) is 30.2 Å². The van der Waals surface area contributed by atoms with Gasteiger partial charge in [-0.05, 0) is 43.9 Å². The van der Waals surface area contributed by atoms with E-state index in [1.54, 1.807) is 6.92 Å². The topological polar surface area (TPSA) is 75.6 Å². The lowest BCUT2D eigenvalue weighted by molar-refractivity contribution is -0.141. The summed E-state index contributed by atoms with van der Waals surface area (Å²) in [5, 5.41) is 11.8. The summed E-state index contributed by atoms with van der Waals surface area (Å²) >= 11 is 0. The molecule has 22 heavy (non-hydrogen) atoms. The highest BCUT2D eigenvalue weighted by Crippen LogP contribution is 2.29. The second kappa shape index (κ2) is 6.92. The average molecular weight is 305 g/mol. The zero-order valence-electron chi connectivity index (χ0n) is 13.1. The van der Waals surface area contributed by atoms with Crippen molar-refractivity contribution in [3.63, 3.8) is 0 Å². The Balaban J connectivity index is 1.96. The number of rotatable bonds is 5. The van der Waals surface area contributed by atoms with Crippen molar-refractivity contribution >= 4 is 17.6 Å². The molecule has 1 aliphatic rings. The van der Waals surface area contributed by atoms with E-state index in [1.165, 1.54) is 0 Å². The number of carbonyl (C=O) groups is 2. The molecule has 0 radical (unpaired) electrons. The Morgan fingerprint density at radius 1 is 1.36 bits per heavy atom. The molecule has 1 aromatic rings. The number of carboxylic acid groups (broad SMARTS) is 1. The zero-order chi connectivity index (χ0) is 16.2. The van der Waals surface area contributed by atoms with Gasteiger partial charge < -0.3 is 15.2 Å². The molecule has 5 nitrogen and oxygen atoms in total. The highest BCUT2D eigenvalue weighted by atomic mass is 16.5. The van der Waals surface area contributed by atoms with E-state index < -0.39 is 17.3 Å². The summed E-state index contributed by atoms with van der Waals surface area (Å²) in [5.74, 6) is -1.25. The van der Waals surface area contributed by atoms with Gasteiger partial charge in [-0.15, -0.1) is 0 Å². The van der Waals surface area contributed by atoms with Gasteiger partial charge in [0.15, 0.2) is 0 Å². The zero-order valence-corrected chi connectivity index (χ0v) is 13.1. The predicted molar refractivity (Wildman–Crippen MR) is 83.7 cm³/mol. The maximum absolute atomic E-state index is 12.4. The van der Waals surface area contributed by atoms with Crippen molar-refractivity contribution in [3.05, 3.63) is 29.8 Å². The number of aliphatic carboxylic acids is 1. The van der Waals surface area contributed by atoms with Crippen molar-refractivity contribution in [1.29, 1.82) is 0 Å². The molecule has 1 fully saturated rings. The first-order chi connectivity index (χ1) is 10.4. The van der Waals surface area contributed by atoms with Crippen LogP contribution in [0.15, 0.2) is 24.3 Å². The van der Waals surface area contributed by atoms with E-state index in [1.807, 2.05) is 31.2 Å². The van der Waals surface area contributed by atoms with Gasteiger partial charge >= 0.3 is 5.97 Å². The molecule has 0 bridgehead atoms. The Morgan fingerprint density at radius 2 is 2.05 bits per heavy atom. The Morgan fingerprint density at radius 3 is 2.59 bits per heavy atom. The summed E-state index contributed by atoms with van der Waals surface area (Å²) in [6.07, 6.45) is 2.21. The van der Waals surface area contributed by atoms with Crippen molar-refractivity contribution in [1.82, 2.24) is 0 Å². The molecule has 1 amide bonds. The molecule has 2 atom stereocenters. The molecular weight excluding hydrogens is 282 g/mol. The molecule has 0 unspecified atom stereocenters. The predicted octanol–water partition coefficient (Wildman–Crippen LogP) is 2.71. The summed E-state index contributed by atoms with van der Waals surface area (Å²) in [5.41, 5.74) is 1.19. The lowest BCUT2D eigenvalue weighted by Crippen LogP contribution is -2.40. The molecule has 120 valence electrons. The molecule has 5 heteroatoms. The van der Waals surface area contributed by atoms with Crippen molar-refractivity contribution in [3.8, 4) is 0 Å². The third kappa shape index (κ3) is 4.07. The quantitative estimate of drug-likeness (QED) is 0.877. The van der Waals surface area contributed by atoms with Crippen LogP contribution in [0.5, 0.6) is 0 Å². The van der Waals surface area contributed by atoms with Gasteiger partial charge in [0, 0.05) is 12.3 Å². The molecule has 2 N–H and O–H groups in total. The van der Waals surface area contributed by atoms with E-state index in [9.17, 15) is 9.59 Å². The smallest absolute Gasteiger partial charge is 0.306 e. The number of hydrogen-bond donors (Lipinski definition) is 2. The van der Waals surface area contributed by atoms with Crippen molar-refractivity contribution in [2.45, 2.75) is 33.1 Å². The summed E-state index contributed by atoms with van der Waals surface area (Å²) in [6.45, 7) is 4.78. The lowest BCUT2D eigenvalue weighted by atomic mass is 9.84. The van der Waals surface area contributed by atoms with Gasteiger partial charge in [0.25, 0.3) is 0 Å². The van der Waals surface area contributed by atoms with Gasteiger partial charge in [-0.25, -0.2) is 0 Å². The Hall–Kier alpha value is -1.88. The van der Waals surface area contributed by atoms with E-state index >= 15 is 0 Å². The molecule has 1 heterocycles. The van der Waals surface area contributed by atoms with E-state index in [0.29, 0.717) is 13.0 Å². The lowest BCUT2D eigenvalue weighted by Gasteiger charge is -2.31. The largest absolute Gasteiger partial charge is 0.481 e. The van der Waals surface area contributed by atoms with E-state index in [-0.39, 0.29) is 5.91 Å². The van der Waals surface area contributed by atoms with Crippen LogP contribution in [0.3, 0.4) is 0 Å². The second-order valence-electron chi connectivity index (χ2n) is 6.31. The number of hydrogen-bond acceptors (Lipinski definition) is 3. The summed E-state index contributed by atoms with van der Waals surface area (Å²) in [4.78, 5) is 23.2. The Labute approximate surface area is 130 Å². The van der Waals surface area contributed by atoms with E-state index in [4.69, 9.17) is 9.84 Å². The van der Waals surface area contributed by atoms with Crippen LogP contribution in [-0.2, 0) is 20.7 Å². The fourth-order valence-corrected chi connectivity index (χ4v) is 2.56. The fourth-order valence-electron chi connectivity index (χ4n) is 2.56. The summed E-state index contributed by atoms with van der Waals surface area (Å²) < 4.78 is 5.41. The van der Waals surface area contributed by atoms with Crippen molar-refractivity contribution < 1.29 is 19.4 Å². The minimum absolute atomic E-state index is 0.0288. The van der Waals surface area contributed by atoms with Gasteiger partial charge in [-0.3, -0.25) is 9.59 Å². The molecular formula is C17H23NO4. The van der Waals surface area contributed by atoms with Gasteiger partial charge in [0.05, 0.1) is 17.9 Å². The minimum Gasteiger partial charge on any atom is -0.481 e. The van der Waals surface area contributed by atoms with Crippen LogP contribution in [0.25, 0.3) is 0 Å². The number of amides is 1.